The quantitative estimate of drug-likeness (QED) is 0.111. The highest BCUT2D eigenvalue weighted by Gasteiger charge is 2.51. The van der Waals surface area contributed by atoms with Crippen molar-refractivity contribution < 1.29 is 94.3 Å². The molecule has 2 aromatic carbocycles. The van der Waals surface area contributed by atoms with Gasteiger partial charge < -0.3 is 60.2 Å². The third-order valence-corrected chi connectivity index (χ3v) is 9.26. The van der Waals surface area contributed by atoms with Crippen LogP contribution in [0.15, 0.2) is 0 Å². The van der Waals surface area contributed by atoms with E-state index in [1.54, 1.807) is 10.6 Å². The Labute approximate surface area is 284 Å². The Balaban J connectivity index is 1.60. The van der Waals surface area contributed by atoms with Crippen molar-refractivity contribution in [2.24, 2.45) is 0 Å². The molecule has 8 N–H and O–H groups in total. The molecular formula is C28H28F8N2O12S. The van der Waals surface area contributed by atoms with Gasteiger partial charge in [-0.2, -0.15) is 17.6 Å². The molecule has 2 aromatic rings. The molecule has 2 saturated heterocycles. The normalized spacial score (nSPS) is 29.4. The fraction of sp³-hybridized carbons (Fsp3) is 0.500. The molecule has 4 rings (SSSR count). The van der Waals surface area contributed by atoms with Gasteiger partial charge in [0.1, 0.15) is 58.6 Å². The number of aliphatic hydroxyl groups is 6. The summed E-state index contributed by atoms with van der Waals surface area (Å²) in [6.45, 7) is -2.13. The number of benzene rings is 2. The maximum absolute atomic E-state index is 14.6. The van der Waals surface area contributed by atoms with Gasteiger partial charge in [0.2, 0.25) is 23.3 Å². The summed E-state index contributed by atoms with van der Waals surface area (Å²) in [7, 11) is 1.36. The fourth-order valence-electron chi connectivity index (χ4n) is 5.30. The van der Waals surface area contributed by atoms with Crippen LogP contribution in [0.4, 0.5) is 35.1 Å². The second-order valence-electron chi connectivity index (χ2n) is 10.9. The zero-order valence-electron chi connectivity index (χ0n) is 25.8. The summed E-state index contributed by atoms with van der Waals surface area (Å²) in [6.07, 6.45) is -12.1. The number of nitrogens with one attached hydrogen (secondary N) is 2. The lowest BCUT2D eigenvalue weighted by atomic mass is 9.96. The molecule has 0 saturated carbocycles. The maximum Gasteiger partial charge on any atom is 0.257 e. The first-order valence-corrected chi connectivity index (χ1v) is 15.2. The number of aliphatic hydroxyl groups excluding tert-OH is 6. The number of carbonyl (C=O) groups is 2. The highest BCUT2D eigenvalue weighted by atomic mass is 32.2. The Morgan fingerprint density at radius 3 is 1.14 bits per heavy atom. The molecule has 284 valence electrons. The van der Waals surface area contributed by atoms with Crippen LogP contribution in [-0.2, 0) is 9.47 Å². The topological polar surface area (TPSA) is 216 Å². The van der Waals surface area contributed by atoms with E-state index in [0.717, 1.165) is 0 Å². The average Bonchev–Trinajstić information content (AvgIpc) is 3.09. The summed E-state index contributed by atoms with van der Waals surface area (Å²) >= 11 is 0.225. The van der Waals surface area contributed by atoms with Crippen molar-refractivity contribution in [2.45, 2.75) is 59.6 Å². The largest absolute Gasteiger partial charge is 0.491 e. The van der Waals surface area contributed by atoms with Crippen LogP contribution in [-0.4, -0.2) is 129 Å². The number of ether oxygens (including phenoxy) is 4. The number of halogens is 8. The van der Waals surface area contributed by atoms with Gasteiger partial charge in [-0.05, 0) is 0 Å². The number of amides is 2. The van der Waals surface area contributed by atoms with E-state index in [1.807, 2.05) is 0 Å². The molecule has 51 heavy (non-hydrogen) atoms. The monoisotopic (exact) mass is 768 g/mol. The number of methoxy groups -OCH3 is 2. The van der Waals surface area contributed by atoms with Gasteiger partial charge in [0.05, 0.1) is 39.5 Å². The predicted molar refractivity (Wildman–Crippen MR) is 151 cm³/mol. The third-order valence-electron chi connectivity index (χ3n) is 7.94. The zero-order chi connectivity index (χ0) is 38.2. The van der Waals surface area contributed by atoms with Gasteiger partial charge in [0, 0.05) is 0 Å². The van der Waals surface area contributed by atoms with Crippen LogP contribution in [0.1, 0.15) is 20.7 Å². The van der Waals surface area contributed by atoms with Gasteiger partial charge in [-0.25, -0.2) is 17.6 Å². The lowest BCUT2D eigenvalue weighted by Crippen LogP contribution is -2.66. The van der Waals surface area contributed by atoms with Gasteiger partial charge in [-0.3, -0.25) is 9.59 Å². The lowest BCUT2D eigenvalue weighted by molar-refractivity contribution is -0.175. The number of rotatable bonds is 10. The van der Waals surface area contributed by atoms with Gasteiger partial charge in [0.25, 0.3) is 11.8 Å². The molecule has 0 unspecified atom stereocenters. The standard InChI is InChI=1S/C28H28F8N2O12S/c1-47-23-13(33)9(29)7(10(30)14(23)34)25(45)37-17-19(41)5(3-39)49-27(21(17)43)51-28-22(44)18(20(42)6(4-40)50-28)38-26(46)8-11(31)15(35)24(48-2)16(36)12(8)32/h5-6,17-22,27-28,39-44H,3-4H2,1-2H3,(H,37,45)(H,38,46)/t5-,6-,17+,18+,19+,20+,21-,22-,27+,28+/m1/s1. The smallest absolute Gasteiger partial charge is 0.257 e. The van der Waals surface area contributed by atoms with Crippen molar-refractivity contribution in [1.82, 2.24) is 10.6 Å². The van der Waals surface area contributed by atoms with Crippen LogP contribution in [0.5, 0.6) is 11.5 Å². The third kappa shape index (κ3) is 7.26. The summed E-state index contributed by atoms with van der Waals surface area (Å²) in [4.78, 5) is 25.7. The van der Waals surface area contributed by atoms with Crippen LogP contribution < -0.4 is 20.1 Å². The average molecular weight is 769 g/mol. The second kappa shape index (κ2) is 16.0. The van der Waals surface area contributed by atoms with Crippen molar-refractivity contribution in [3.63, 3.8) is 0 Å². The van der Waals surface area contributed by atoms with Crippen LogP contribution in [0, 0.1) is 46.5 Å². The molecule has 10 atom stereocenters. The summed E-state index contributed by atoms with van der Waals surface area (Å²) in [5.74, 6) is -24.1. The Kier molecular flexibility index (Phi) is 12.6. The van der Waals surface area contributed by atoms with Crippen LogP contribution in [0.3, 0.4) is 0 Å². The van der Waals surface area contributed by atoms with E-state index in [-0.39, 0.29) is 11.8 Å². The lowest BCUT2D eigenvalue weighted by Gasteiger charge is -2.46. The maximum atomic E-state index is 14.6. The van der Waals surface area contributed by atoms with Gasteiger partial charge in [-0.1, -0.05) is 11.8 Å². The number of hydrogen-bond donors (Lipinski definition) is 8. The van der Waals surface area contributed by atoms with E-state index in [0.29, 0.717) is 14.2 Å². The minimum absolute atomic E-state index is 0.225. The van der Waals surface area contributed by atoms with Crippen molar-refractivity contribution in [2.75, 3.05) is 27.4 Å². The van der Waals surface area contributed by atoms with Gasteiger partial charge in [0.15, 0.2) is 34.8 Å². The minimum Gasteiger partial charge on any atom is -0.491 e. The Hall–Kier alpha value is -3.55. The zero-order valence-corrected chi connectivity index (χ0v) is 26.6. The van der Waals surface area contributed by atoms with E-state index in [1.165, 1.54) is 0 Å². The highest BCUT2D eigenvalue weighted by Crippen LogP contribution is 2.38. The first-order chi connectivity index (χ1) is 24.0. The molecule has 0 aliphatic carbocycles. The van der Waals surface area contributed by atoms with Crippen molar-refractivity contribution in [1.29, 1.82) is 0 Å². The molecule has 0 aromatic heterocycles. The molecule has 0 spiro atoms. The molecule has 0 radical (unpaired) electrons. The highest BCUT2D eigenvalue weighted by molar-refractivity contribution is 8.00. The Morgan fingerprint density at radius 2 is 0.882 bits per heavy atom. The molecule has 2 heterocycles. The van der Waals surface area contributed by atoms with E-state index in [2.05, 4.69) is 9.47 Å². The van der Waals surface area contributed by atoms with Crippen molar-refractivity contribution in [3.8, 4) is 11.5 Å². The molecule has 23 heteroatoms. The van der Waals surface area contributed by atoms with Gasteiger partial charge in [-0.15, -0.1) is 0 Å². The summed E-state index contributed by atoms with van der Waals surface area (Å²) in [5, 5.41) is 66.4. The Bertz CT molecular complexity index is 1490. The Morgan fingerprint density at radius 1 is 0.588 bits per heavy atom. The van der Waals surface area contributed by atoms with Crippen LogP contribution in [0.2, 0.25) is 0 Å². The molecule has 14 nitrogen and oxygen atoms in total. The van der Waals surface area contributed by atoms with Crippen LogP contribution in [0.25, 0.3) is 0 Å². The first-order valence-electron chi connectivity index (χ1n) is 14.3. The van der Waals surface area contributed by atoms with E-state index in [4.69, 9.17) is 9.47 Å². The summed E-state index contributed by atoms with van der Waals surface area (Å²) < 4.78 is 135. The van der Waals surface area contributed by atoms with Crippen molar-refractivity contribution in [3.05, 3.63) is 57.7 Å². The summed E-state index contributed by atoms with van der Waals surface area (Å²) in [5.41, 5.74) is -7.37. The molecular weight excluding hydrogens is 740 g/mol. The van der Waals surface area contributed by atoms with E-state index < -0.39 is 154 Å². The van der Waals surface area contributed by atoms with Crippen molar-refractivity contribution >= 4 is 23.6 Å². The molecule has 2 aliphatic rings. The number of hydrogen-bond acceptors (Lipinski definition) is 13. The van der Waals surface area contributed by atoms with Crippen LogP contribution >= 0.6 is 11.8 Å². The van der Waals surface area contributed by atoms with E-state index >= 15 is 0 Å². The van der Waals surface area contributed by atoms with E-state index in [9.17, 15) is 75.4 Å². The number of thioether (sulfide) groups is 1. The number of carbonyl (C=O) groups excluding carboxylic acids is 2. The fourth-order valence-corrected chi connectivity index (χ4v) is 6.64. The molecule has 2 amide bonds. The van der Waals surface area contributed by atoms with Gasteiger partial charge >= 0.3 is 0 Å². The minimum atomic E-state index is -2.22. The predicted octanol–water partition coefficient (Wildman–Crippen LogP) is -0.675. The molecule has 2 aliphatic heterocycles. The first kappa shape index (κ1) is 40.2. The molecule has 0 bridgehead atoms. The second-order valence-corrected chi connectivity index (χ2v) is 12.1. The SMILES string of the molecule is COc1c(F)c(F)c(C(=O)N[C@H]2[C@@H](O)[C@@H](CO)O[C@@H](S[C@@H]3O[C@H](CO)[C@H](O)[C@H](NC(=O)c4c(F)c(F)c(OC)c(F)c4F)[C@H]3O)[C@@H]2O)c(F)c1F. The molecule has 2 fully saturated rings. The summed E-state index contributed by atoms with van der Waals surface area (Å²) in [6, 6.07) is -4.12.